The summed E-state index contributed by atoms with van der Waals surface area (Å²) in [5.74, 6) is -0.829. The zero-order chi connectivity index (χ0) is 58.7. The van der Waals surface area contributed by atoms with E-state index >= 15 is 0 Å². The van der Waals surface area contributed by atoms with Crippen LogP contribution in [0.2, 0.25) is 0 Å². The summed E-state index contributed by atoms with van der Waals surface area (Å²) in [5.41, 5.74) is 5.39. The first-order valence-corrected chi connectivity index (χ1v) is 36.3. The Balaban J connectivity index is 3.74. The molecule has 0 radical (unpaired) electrons. The molecule has 0 amide bonds. The minimum atomic E-state index is -4.39. The van der Waals surface area contributed by atoms with Gasteiger partial charge in [0.1, 0.15) is 6.61 Å². The third-order valence-electron chi connectivity index (χ3n) is 15.4. The highest BCUT2D eigenvalue weighted by atomic mass is 31.2. The van der Waals surface area contributed by atoms with Crippen molar-refractivity contribution in [3.8, 4) is 0 Å². The number of carbonyl (C=O) groups is 2. The quantitative estimate of drug-likeness (QED) is 0.0264. The summed E-state index contributed by atoms with van der Waals surface area (Å²) in [5, 5.41) is 0. The van der Waals surface area contributed by atoms with E-state index in [2.05, 4.69) is 74.6 Å². The number of esters is 2. The van der Waals surface area contributed by atoms with Crippen LogP contribution in [0.25, 0.3) is 0 Å². The largest absolute Gasteiger partial charge is 0.472 e. The molecule has 0 saturated carbocycles. The van der Waals surface area contributed by atoms with Crippen LogP contribution in [0, 0.1) is 0 Å². The van der Waals surface area contributed by atoms with Crippen molar-refractivity contribution >= 4 is 19.8 Å². The summed E-state index contributed by atoms with van der Waals surface area (Å²) in [4.78, 5) is 35.3. The number of rotatable bonds is 66. The van der Waals surface area contributed by atoms with E-state index < -0.39 is 26.5 Å². The summed E-state index contributed by atoms with van der Waals surface area (Å²) >= 11 is 0. The lowest BCUT2D eigenvalue weighted by Gasteiger charge is -2.19. The number of ether oxygens (including phenoxy) is 2. The second-order valence-corrected chi connectivity index (χ2v) is 24.8. The van der Waals surface area contributed by atoms with Crippen molar-refractivity contribution in [2.45, 2.75) is 354 Å². The maximum absolute atomic E-state index is 12.7. The lowest BCUT2D eigenvalue weighted by Crippen LogP contribution is -2.29. The Morgan fingerprint density at radius 2 is 0.642 bits per heavy atom. The van der Waals surface area contributed by atoms with Gasteiger partial charge in [0.25, 0.3) is 0 Å². The van der Waals surface area contributed by atoms with Crippen LogP contribution in [-0.2, 0) is 32.7 Å². The van der Waals surface area contributed by atoms with Crippen LogP contribution in [0.1, 0.15) is 348 Å². The molecule has 9 nitrogen and oxygen atoms in total. The van der Waals surface area contributed by atoms with E-state index in [1.165, 1.54) is 238 Å². The van der Waals surface area contributed by atoms with Gasteiger partial charge < -0.3 is 20.1 Å². The van der Waals surface area contributed by atoms with Gasteiger partial charge in [-0.3, -0.25) is 18.6 Å². The van der Waals surface area contributed by atoms with Crippen molar-refractivity contribution in [1.82, 2.24) is 0 Å². The standard InChI is InChI=1S/C71H132NO8P/c1-3-5-7-9-11-13-15-17-19-21-23-24-25-26-27-28-29-30-31-32-33-34-35-36-37-38-39-40-41-42-43-44-46-47-49-51-53-55-57-59-61-63-70(73)77-67-69(68-79-81(75,76)78-66-65-72)80-71(74)64-62-60-58-56-54-52-50-48-45-22-20-18-16-14-12-10-8-6-4-2/h12,14-15,17-18,20-21,23,45,48,69H,3-11,13,16,19,22,24-44,46-47,49-68,72H2,1-2H3,(H,75,76)/b14-12-,17-15-,20-18-,23-21-,48-45-. The molecule has 0 bridgehead atoms. The Hall–Kier alpha value is -2.29. The Morgan fingerprint density at radius 1 is 0.370 bits per heavy atom. The van der Waals surface area contributed by atoms with Gasteiger partial charge in [0, 0.05) is 19.4 Å². The number of phosphoric acid groups is 1. The van der Waals surface area contributed by atoms with E-state index in [1.807, 2.05) is 0 Å². The number of unbranched alkanes of at least 4 members (excludes halogenated alkanes) is 43. The van der Waals surface area contributed by atoms with Gasteiger partial charge in [0.05, 0.1) is 13.2 Å². The van der Waals surface area contributed by atoms with Gasteiger partial charge in [0.15, 0.2) is 6.10 Å². The second kappa shape index (κ2) is 66.8. The molecule has 0 aromatic rings. The predicted octanol–water partition coefficient (Wildman–Crippen LogP) is 22.6. The lowest BCUT2D eigenvalue weighted by atomic mass is 10.0. The molecular weight excluding hydrogens is 1030 g/mol. The Morgan fingerprint density at radius 3 is 0.975 bits per heavy atom. The van der Waals surface area contributed by atoms with Crippen LogP contribution >= 0.6 is 7.82 Å². The fourth-order valence-corrected chi connectivity index (χ4v) is 11.0. The Bertz CT molecular complexity index is 1510. The molecule has 0 heterocycles. The van der Waals surface area contributed by atoms with Crippen molar-refractivity contribution < 1.29 is 37.6 Å². The molecule has 0 rings (SSSR count). The van der Waals surface area contributed by atoms with E-state index in [9.17, 15) is 19.0 Å². The van der Waals surface area contributed by atoms with Gasteiger partial charge in [0.2, 0.25) is 0 Å². The minimum Gasteiger partial charge on any atom is -0.462 e. The predicted molar refractivity (Wildman–Crippen MR) is 349 cm³/mol. The smallest absolute Gasteiger partial charge is 0.462 e. The summed E-state index contributed by atoms with van der Waals surface area (Å²) < 4.78 is 33.1. The average molecular weight is 1160 g/mol. The molecule has 0 spiro atoms. The number of phosphoric ester groups is 1. The zero-order valence-corrected chi connectivity index (χ0v) is 54.2. The van der Waals surface area contributed by atoms with Crippen LogP contribution in [0.5, 0.6) is 0 Å². The number of carbonyl (C=O) groups excluding carboxylic acids is 2. The maximum Gasteiger partial charge on any atom is 0.472 e. The monoisotopic (exact) mass is 1160 g/mol. The van der Waals surface area contributed by atoms with E-state index in [1.54, 1.807) is 0 Å². The summed E-state index contributed by atoms with van der Waals surface area (Å²) in [6, 6.07) is 0. The van der Waals surface area contributed by atoms with Crippen LogP contribution in [0.3, 0.4) is 0 Å². The fraction of sp³-hybridized carbons (Fsp3) is 0.831. The van der Waals surface area contributed by atoms with Crippen molar-refractivity contribution in [1.29, 1.82) is 0 Å². The van der Waals surface area contributed by atoms with E-state index in [0.29, 0.717) is 6.42 Å². The molecule has 2 unspecified atom stereocenters. The SMILES string of the molecule is CCCCC/C=C\C/C=C\C/C=C\CCCCCCCCC(=O)OC(COC(=O)CCCCCCCCCCCCCCCCCCCCCCCCCCCCCCC/C=C\C/C=C\CCCCCCC)COP(=O)(O)OCCN. The molecule has 3 N–H and O–H groups in total. The molecule has 0 aliphatic rings. The summed E-state index contributed by atoms with van der Waals surface area (Å²) in [6.45, 7) is 3.73. The number of hydrogen-bond acceptors (Lipinski definition) is 8. The van der Waals surface area contributed by atoms with Gasteiger partial charge in [-0.05, 0) is 83.5 Å². The molecular formula is C71H132NO8P. The van der Waals surface area contributed by atoms with E-state index in [0.717, 1.165) is 77.0 Å². The first kappa shape index (κ1) is 78.7. The third-order valence-corrected chi connectivity index (χ3v) is 16.4. The molecule has 474 valence electrons. The van der Waals surface area contributed by atoms with Gasteiger partial charge >= 0.3 is 19.8 Å². The molecule has 0 aromatic carbocycles. The summed E-state index contributed by atoms with van der Waals surface area (Å²) in [6.07, 6.45) is 86.2. The van der Waals surface area contributed by atoms with Crippen LogP contribution in [-0.4, -0.2) is 49.3 Å². The van der Waals surface area contributed by atoms with Crippen molar-refractivity contribution in [2.24, 2.45) is 5.73 Å². The second-order valence-electron chi connectivity index (χ2n) is 23.4. The van der Waals surface area contributed by atoms with Crippen molar-refractivity contribution in [2.75, 3.05) is 26.4 Å². The molecule has 2 atom stereocenters. The molecule has 0 aliphatic heterocycles. The Labute approximate surface area is 501 Å². The lowest BCUT2D eigenvalue weighted by molar-refractivity contribution is -0.161. The molecule has 0 aliphatic carbocycles. The molecule has 0 saturated heterocycles. The van der Waals surface area contributed by atoms with Gasteiger partial charge in [-0.2, -0.15) is 0 Å². The number of allylic oxidation sites excluding steroid dienone is 10. The molecule has 10 heteroatoms. The van der Waals surface area contributed by atoms with Gasteiger partial charge in [-0.1, -0.05) is 312 Å². The highest BCUT2D eigenvalue weighted by Gasteiger charge is 2.26. The van der Waals surface area contributed by atoms with Gasteiger partial charge in [-0.15, -0.1) is 0 Å². The zero-order valence-electron chi connectivity index (χ0n) is 53.3. The Kier molecular flexibility index (Phi) is 65.0. The normalized spacial score (nSPS) is 13.3. The van der Waals surface area contributed by atoms with Crippen LogP contribution in [0.15, 0.2) is 60.8 Å². The minimum absolute atomic E-state index is 0.0509. The average Bonchev–Trinajstić information content (AvgIpc) is 3.46. The maximum atomic E-state index is 12.7. The molecule has 0 fully saturated rings. The highest BCUT2D eigenvalue weighted by molar-refractivity contribution is 7.47. The topological polar surface area (TPSA) is 134 Å². The number of hydrogen-bond donors (Lipinski definition) is 2. The fourth-order valence-electron chi connectivity index (χ4n) is 10.2. The van der Waals surface area contributed by atoms with Crippen molar-refractivity contribution in [3.05, 3.63) is 60.8 Å². The summed E-state index contributed by atoms with van der Waals surface area (Å²) in [7, 11) is -4.39. The third kappa shape index (κ3) is 66.7. The van der Waals surface area contributed by atoms with Crippen LogP contribution < -0.4 is 5.73 Å². The first-order chi connectivity index (χ1) is 39.8. The van der Waals surface area contributed by atoms with Crippen LogP contribution in [0.4, 0.5) is 0 Å². The van der Waals surface area contributed by atoms with E-state index in [4.69, 9.17) is 24.3 Å². The number of nitrogens with two attached hydrogens (primary N) is 1. The van der Waals surface area contributed by atoms with Gasteiger partial charge in [-0.25, -0.2) is 4.57 Å². The van der Waals surface area contributed by atoms with Crippen molar-refractivity contribution in [3.63, 3.8) is 0 Å². The molecule has 0 aromatic heterocycles. The first-order valence-electron chi connectivity index (χ1n) is 34.8. The highest BCUT2D eigenvalue weighted by Crippen LogP contribution is 2.43. The molecule has 81 heavy (non-hydrogen) atoms. The van der Waals surface area contributed by atoms with E-state index in [-0.39, 0.29) is 38.6 Å².